The number of hydrogen-bond donors (Lipinski definition) is 1. The van der Waals surface area contributed by atoms with E-state index >= 15 is 0 Å². The highest BCUT2D eigenvalue weighted by Crippen LogP contribution is 2.27. The van der Waals surface area contributed by atoms with Crippen LogP contribution in [0.5, 0.6) is 0 Å². The molecule has 6 heteroatoms. The van der Waals surface area contributed by atoms with Crippen molar-refractivity contribution in [1.82, 2.24) is 20.2 Å². The summed E-state index contributed by atoms with van der Waals surface area (Å²) in [5, 5.41) is 7.17. The molecule has 84 valence electrons. The molecule has 0 atom stereocenters. The van der Waals surface area contributed by atoms with Crippen LogP contribution in [0.1, 0.15) is 24.6 Å². The van der Waals surface area contributed by atoms with E-state index in [4.69, 9.17) is 16.3 Å². The second-order valence-electron chi connectivity index (χ2n) is 3.88. The molecule has 0 unspecified atom stereocenters. The first kappa shape index (κ1) is 9.99. The van der Waals surface area contributed by atoms with Crippen LogP contribution in [0.25, 0.3) is 11.0 Å². The Morgan fingerprint density at radius 2 is 2.12 bits per heavy atom. The number of ether oxygens (including phenoxy) is 1. The van der Waals surface area contributed by atoms with Crippen molar-refractivity contribution in [1.29, 1.82) is 0 Å². The lowest BCUT2D eigenvalue weighted by atomic mass is 9.99. The summed E-state index contributed by atoms with van der Waals surface area (Å²) < 4.78 is 5.32. The summed E-state index contributed by atoms with van der Waals surface area (Å²) >= 11 is 6.06. The molecular weight excluding hydrogens is 228 g/mol. The fourth-order valence-electron chi connectivity index (χ4n) is 1.96. The lowest BCUT2D eigenvalue weighted by Gasteiger charge is -2.20. The third-order valence-electron chi connectivity index (χ3n) is 2.85. The molecule has 0 radical (unpaired) electrons. The van der Waals surface area contributed by atoms with E-state index in [1.54, 1.807) is 6.20 Å². The van der Waals surface area contributed by atoms with Crippen LogP contribution < -0.4 is 0 Å². The molecule has 16 heavy (non-hydrogen) atoms. The molecule has 1 N–H and O–H groups in total. The van der Waals surface area contributed by atoms with Gasteiger partial charge in [-0.05, 0) is 12.8 Å². The second kappa shape index (κ2) is 3.99. The van der Waals surface area contributed by atoms with Gasteiger partial charge >= 0.3 is 0 Å². The first-order valence-electron chi connectivity index (χ1n) is 5.29. The Labute approximate surface area is 97.2 Å². The summed E-state index contributed by atoms with van der Waals surface area (Å²) in [5.74, 6) is 1.16. The van der Waals surface area contributed by atoms with Crippen LogP contribution in [-0.4, -0.2) is 33.4 Å². The third-order valence-corrected chi connectivity index (χ3v) is 3.11. The van der Waals surface area contributed by atoms with Gasteiger partial charge in [-0.2, -0.15) is 5.10 Å². The van der Waals surface area contributed by atoms with Gasteiger partial charge in [0.15, 0.2) is 5.15 Å². The Bertz CT molecular complexity index is 506. The maximum Gasteiger partial charge on any atom is 0.160 e. The highest BCUT2D eigenvalue weighted by Gasteiger charge is 2.20. The van der Waals surface area contributed by atoms with Gasteiger partial charge < -0.3 is 4.74 Å². The molecule has 3 rings (SSSR count). The standard InChI is InChI=1S/C10H11ClN4O/c11-9-8-7(5-12-15-8)13-10(14-9)6-1-3-16-4-2-6/h5-6H,1-4H2,(H,12,15). The van der Waals surface area contributed by atoms with Gasteiger partial charge in [0.1, 0.15) is 16.9 Å². The lowest BCUT2D eigenvalue weighted by Crippen LogP contribution is -2.16. The summed E-state index contributed by atoms with van der Waals surface area (Å²) in [4.78, 5) is 8.79. The maximum absolute atomic E-state index is 6.06. The van der Waals surface area contributed by atoms with E-state index in [0.717, 1.165) is 37.4 Å². The SMILES string of the molecule is Clc1nc(C2CCOCC2)nc2c[nH]nc12. The van der Waals surface area contributed by atoms with Crippen LogP contribution in [0.2, 0.25) is 5.15 Å². The minimum absolute atomic E-state index is 0.352. The smallest absolute Gasteiger partial charge is 0.160 e. The van der Waals surface area contributed by atoms with E-state index < -0.39 is 0 Å². The van der Waals surface area contributed by atoms with E-state index in [0.29, 0.717) is 16.6 Å². The van der Waals surface area contributed by atoms with Crippen LogP contribution in [0.15, 0.2) is 6.20 Å². The van der Waals surface area contributed by atoms with Crippen LogP contribution in [0.4, 0.5) is 0 Å². The maximum atomic E-state index is 6.06. The van der Waals surface area contributed by atoms with Gasteiger partial charge in [0, 0.05) is 25.3 Å². The number of fused-ring (bicyclic) bond motifs is 1. The summed E-state index contributed by atoms with van der Waals surface area (Å²) in [6, 6.07) is 0. The molecule has 1 aliphatic rings. The van der Waals surface area contributed by atoms with E-state index in [2.05, 4.69) is 20.2 Å². The Hall–Kier alpha value is -1.20. The molecule has 0 amide bonds. The quantitative estimate of drug-likeness (QED) is 0.771. The van der Waals surface area contributed by atoms with Crippen LogP contribution in [0.3, 0.4) is 0 Å². The number of halogens is 1. The number of nitrogens with zero attached hydrogens (tertiary/aromatic N) is 3. The van der Waals surface area contributed by atoms with Crippen molar-refractivity contribution in [3.63, 3.8) is 0 Å². The minimum Gasteiger partial charge on any atom is -0.381 e. The van der Waals surface area contributed by atoms with Crippen molar-refractivity contribution in [2.75, 3.05) is 13.2 Å². The fourth-order valence-corrected chi connectivity index (χ4v) is 2.19. The highest BCUT2D eigenvalue weighted by atomic mass is 35.5. The molecular formula is C10H11ClN4O. The van der Waals surface area contributed by atoms with Gasteiger partial charge in [0.05, 0.1) is 0 Å². The molecule has 1 saturated heterocycles. The monoisotopic (exact) mass is 238 g/mol. The predicted octanol–water partition coefficient (Wildman–Crippen LogP) is 1.90. The van der Waals surface area contributed by atoms with Crippen molar-refractivity contribution in [3.05, 3.63) is 17.2 Å². The van der Waals surface area contributed by atoms with Crippen LogP contribution in [-0.2, 0) is 4.74 Å². The largest absolute Gasteiger partial charge is 0.381 e. The Morgan fingerprint density at radius 3 is 2.94 bits per heavy atom. The highest BCUT2D eigenvalue weighted by molar-refractivity contribution is 6.33. The summed E-state index contributed by atoms with van der Waals surface area (Å²) in [7, 11) is 0. The third kappa shape index (κ3) is 1.66. The van der Waals surface area contributed by atoms with Crippen molar-refractivity contribution >= 4 is 22.6 Å². The Kier molecular flexibility index (Phi) is 2.49. The van der Waals surface area contributed by atoms with Gasteiger partial charge in [0.25, 0.3) is 0 Å². The molecule has 0 bridgehead atoms. The van der Waals surface area contributed by atoms with Gasteiger partial charge in [-0.1, -0.05) is 11.6 Å². The lowest BCUT2D eigenvalue weighted by molar-refractivity contribution is 0.0836. The average Bonchev–Trinajstić information content (AvgIpc) is 2.79. The molecule has 0 aromatic carbocycles. The van der Waals surface area contributed by atoms with Gasteiger partial charge in [-0.25, -0.2) is 9.97 Å². The molecule has 0 aliphatic carbocycles. The van der Waals surface area contributed by atoms with E-state index in [-0.39, 0.29) is 0 Å². The van der Waals surface area contributed by atoms with Gasteiger partial charge in [-0.3, -0.25) is 5.10 Å². The predicted molar refractivity (Wildman–Crippen MR) is 59.5 cm³/mol. The van der Waals surface area contributed by atoms with Gasteiger partial charge in [-0.15, -0.1) is 0 Å². The molecule has 0 spiro atoms. The van der Waals surface area contributed by atoms with Crippen molar-refractivity contribution in [3.8, 4) is 0 Å². The van der Waals surface area contributed by atoms with Gasteiger partial charge in [0.2, 0.25) is 0 Å². The average molecular weight is 239 g/mol. The second-order valence-corrected chi connectivity index (χ2v) is 4.24. The van der Waals surface area contributed by atoms with E-state index in [1.807, 2.05) is 0 Å². The zero-order valence-electron chi connectivity index (χ0n) is 8.61. The molecule has 2 aromatic heterocycles. The zero-order valence-corrected chi connectivity index (χ0v) is 9.37. The van der Waals surface area contributed by atoms with Crippen molar-refractivity contribution < 1.29 is 4.74 Å². The molecule has 1 fully saturated rings. The molecule has 5 nitrogen and oxygen atoms in total. The molecule has 3 heterocycles. The van der Waals surface area contributed by atoms with E-state index in [1.165, 1.54) is 0 Å². The Balaban J connectivity index is 2.02. The number of hydrogen-bond acceptors (Lipinski definition) is 4. The number of rotatable bonds is 1. The molecule has 2 aromatic rings. The first-order valence-corrected chi connectivity index (χ1v) is 5.67. The zero-order chi connectivity index (χ0) is 11.0. The summed E-state index contributed by atoms with van der Waals surface area (Å²) in [6.07, 6.45) is 3.66. The Morgan fingerprint density at radius 1 is 1.31 bits per heavy atom. The summed E-state index contributed by atoms with van der Waals surface area (Å²) in [6.45, 7) is 1.55. The summed E-state index contributed by atoms with van der Waals surface area (Å²) in [5.41, 5.74) is 1.42. The topological polar surface area (TPSA) is 63.7 Å². The number of aromatic amines is 1. The van der Waals surface area contributed by atoms with E-state index in [9.17, 15) is 0 Å². The number of H-pyrrole nitrogens is 1. The molecule has 1 aliphatic heterocycles. The van der Waals surface area contributed by atoms with Crippen molar-refractivity contribution in [2.45, 2.75) is 18.8 Å². The minimum atomic E-state index is 0.352. The van der Waals surface area contributed by atoms with Crippen LogP contribution in [0, 0.1) is 0 Å². The van der Waals surface area contributed by atoms with Crippen molar-refractivity contribution in [2.24, 2.45) is 0 Å². The number of nitrogens with one attached hydrogen (secondary N) is 1. The van der Waals surface area contributed by atoms with Crippen LogP contribution >= 0.6 is 11.6 Å². The number of aromatic nitrogens is 4. The fraction of sp³-hybridized carbons (Fsp3) is 0.500. The first-order chi connectivity index (χ1) is 7.84. The molecule has 0 saturated carbocycles. The normalized spacial score (nSPS) is 18.1.